The normalized spacial score (nSPS) is 15.2. The van der Waals surface area contributed by atoms with Crippen LogP contribution in [-0.4, -0.2) is 71.7 Å². The van der Waals surface area contributed by atoms with Crippen LogP contribution in [0.4, 0.5) is 0 Å². The monoisotopic (exact) mass is 562 g/mol. The molecule has 174 valence electrons. The van der Waals surface area contributed by atoms with Gasteiger partial charge in [-0.05, 0) is 44.1 Å². The quantitative estimate of drug-likeness (QED) is 0.208. The highest BCUT2D eigenvalue weighted by molar-refractivity contribution is 14.0. The third-order valence-electron chi connectivity index (χ3n) is 5.38. The number of hydrogen-bond acceptors (Lipinski definition) is 6. The van der Waals surface area contributed by atoms with Crippen molar-refractivity contribution in [2.75, 3.05) is 40.0 Å². The maximum atomic E-state index is 6.00. The fourth-order valence-electron chi connectivity index (χ4n) is 3.44. The van der Waals surface area contributed by atoms with Gasteiger partial charge in [-0.3, -0.25) is 0 Å². The van der Waals surface area contributed by atoms with Crippen molar-refractivity contribution < 1.29 is 9.47 Å². The minimum atomic E-state index is 0. The van der Waals surface area contributed by atoms with Gasteiger partial charge in [-0.2, -0.15) is 0 Å². The van der Waals surface area contributed by atoms with Crippen molar-refractivity contribution in [2.24, 2.45) is 12.0 Å². The molecule has 2 aromatic heterocycles. The van der Waals surface area contributed by atoms with Gasteiger partial charge in [-0.15, -0.1) is 45.5 Å². The van der Waals surface area contributed by atoms with E-state index in [4.69, 9.17) is 14.5 Å². The highest BCUT2D eigenvalue weighted by Gasteiger charge is 2.22. The molecule has 2 aromatic rings. The van der Waals surface area contributed by atoms with Gasteiger partial charge in [-0.25, -0.2) is 4.99 Å². The standard InChI is InChI=1S/C21H34N6O2S.HI/c1-17-24-25-20(26(17)2)16-23-21(22-10-7-19-6-4-15-30-19)27-11-8-18(9-12-27)29-14-5-13-28-3;/h4,6,15,18H,5,7-14,16H2,1-3H3,(H,22,23);1H. The minimum absolute atomic E-state index is 0. The van der Waals surface area contributed by atoms with E-state index in [0.717, 1.165) is 76.1 Å². The Bertz CT molecular complexity index is 775. The molecule has 0 unspecified atom stereocenters. The van der Waals surface area contributed by atoms with Crippen molar-refractivity contribution in [1.82, 2.24) is 25.0 Å². The fourth-order valence-corrected chi connectivity index (χ4v) is 4.15. The summed E-state index contributed by atoms with van der Waals surface area (Å²) in [5.41, 5.74) is 0. The van der Waals surface area contributed by atoms with E-state index in [0.29, 0.717) is 12.6 Å². The van der Waals surface area contributed by atoms with Gasteiger partial charge in [-0.1, -0.05) is 6.07 Å². The lowest BCUT2D eigenvalue weighted by Gasteiger charge is -2.34. The first-order valence-corrected chi connectivity index (χ1v) is 11.6. The van der Waals surface area contributed by atoms with Crippen LogP contribution in [0.25, 0.3) is 0 Å². The topological polar surface area (TPSA) is 76.8 Å². The Hall–Kier alpha value is -1.24. The average molecular weight is 563 g/mol. The number of hydrogen-bond donors (Lipinski definition) is 1. The molecule has 0 aliphatic carbocycles. The Morgan fingerprint density at radius 3 is 2.74 bits per heavy atom. The first kappa shape index (κ1) is 26.0. The van der Waals surface area contributed by atoms with E-state index in [9.17, 15) is 0 Å². The Morgan fingerprint density at radius 1 is 1.29 bits per heavy atom. The summed E-state index contributed by atoms with van der Waals surface area (Å²) in [5, 5.41) is 14.1. The number of nitrogens with one attached hydrogen (secondary N) is 1. The number of piperidine rings is 1. The Balaban J connectivity index is 0.00000341. The average Bonchev–Trinajstić information content (AvgIpc) is 3.39. The van der Waals surface area contributed by atoms with Crippen LogP contribution in [0.2, 0.25) is 0 Å². The minimum Gasteiger partial charge on any atom is -0.385 e. The number of guanidine groups is 1. The molecule has 3 rings (SSSR count). The van der Waals surface area contributed by atoms with E-state index in [1.807, 2.05) is 18.5 Å². The largest absolute Gasteiger partial charge is 0.385 e. The second-order valence-electron chi connectivity index (χ2n) is 7.52. The number of aromatic nitrogens is 3. The van der Waals surface area contributed by atoms with Crippen LogP contribution in [0.1, 0.15) is 35.8 Å². The Kier molecular flexibility index (Phi) is 11.8. The Labute approximate surface area is 206 Å². The third kappa shape index (κ3) is 8.32. The molecule has 0 radical (unpaired) electrons. The lowest BCUT2D eigenvalue weighted by Crippen LogP contribution is -2.47. The third-order valence-corrected chi connectivity index (χ3v) is 6.31. The van der Waals surface area contributed by atoms with Gasteiger partial charge in [0.25, 0.3) is 0 Å². The number of rotatable bonds is 10. The van der Waals surface area contributed by atoms with Crippen LogP contribution in [0.3, 0.4) is 0 Å². The molecule has 0 atom stereocenters. The summed E-state index contributed by atoms with van der Waals surface area (Å²) in [4.78, 5) is 8.60. The first-order valence-electron chi connectivity index (χ1n) is 10.7. The smallest absolute Gasteiger partial charge is 0.194 e. The number of nitrogens with zero attached hydrogens (tertiary/aromatic N) is 5. The molecule has 1 fully saturated rings. The van der Waals surface area contributed by atoms with Crippen LogP contribution >= 0.6 is 35.3 Å². The molecule has 0 spiro atoms. The predicted octanol–water partition coefficient (Wildman–Crippen LogP) is 3.01. The molecule has 31 heavy (non-hydrogen) atoms. The summed E-state index contributed by atoms with van der Waals surface area (Å²) in [5.74, 6) is 2.73. The van der Waals surface area contributed by atoms with E-state index in [-0.39, 0.29) is 24.0 Å². The molecule has 1 aliphatic heterocycles. The van der Waals surface area contributed by atoms with Gasteiger partial charge in [0.2, 0.25) is 0 Å². The van der Waals surface area contributed by atoms with E-state index in [2.05, 4.69) is 37.9 Å². The Morgan fingerprint density at radius 2 is 2.10 bits per heavy atom. The van der Waals surface area contributed by atoms with Crippen LogP contribution in [0.15, 0.2) is 22.5 Å². The molecule has 1 saturated heterocycles. The number of ether oxygens (including phenoxy) is 2. The van der Waals surface area contributed by atoms with Crippen LogP contribution in [0.5, 0.6) is 0 Å². The van der Waals surface area contributed by atoms with Gasteiger partial charge in [0.15, 0.2) is 11.8 Å². The molecule has 8 nitrogen and oxygen atoms in total. The van der Waals surface area contributed by atoms with Crippen molar-refractivity contribution in [3.05, 3.63) is 34.0 Å². The maximum absolute atomic E-state index is 6.00. The first-order chi connectivity index (χ1) is 14.7. The molecule has 0 aromatic carbocycles. The molecule has 1 aliphatic rings. The number of thiophene rings is 1. The fraction of sp³-hybridized carbons (Fsp3) is 0.667. The zero-order chi connectivity index (χ0) is 21.2. The molecular formula is C21H35IN6O2S. The van der Waals surface area contributed by atoms with Crippen molar-refractivity contribution >= 4 is 41.3 Å². The molecular weight excluding hydrogens is 527 g/mol. The number of aliphatic imine (C=N–C) groups is 1. The highest BCUT2D eigenvalue weighted by Crippen LogP contribution is 2.15. The molecule has 10 heteroatoms. The van der Waals surface area contributed by atoms with Crippen molar-refractivity contribution in [3.63, 3.8) is 0 Å². The summed E-state index contributed by atoms with van der Waals surface area (Å²) >= 11 is 1.80. The van der Waals surface area contributed by atoms with Gasteiger partial charge < -0.3 is 24.3 Å². The predicted molar refractivity (Wildman–Crippen MR) is 135 cm³/mol. The summed E-state index contributed by atoms with van der Waals surface area (Å²) in [7, 11) is 3.71. The molecule has 0 bridgehead atoms. The summed E-state index contributed by atoms with van der Waals surface area (Å²) in [6.07, 6.45) is 4.30. The molecule has 0 saturated carbocycles. The van der Waals surface area contributed by atoms with Gasteiger partial charge >= 0.3 is 0 Å². The van der Waals surface area contributed by atoms with E-state index >= 15 is 0 Å². The van der Waals surface area contributed by atoms with E-state index in [1.165, 1.54) is 4.88 Å². The molecule has 0 amide bonds. The van der Waals surface area contributed by atoms with Crippen LogP contribution in [-0.2, 0) is 29.5 Å². The zero-order valence-electron chi connectivity index (χ0n) is 18.7. The van der Waals surface area contributed by atoms with Crippen molar-refractivity contribution in [3.8, 4) is 0 Å². The number of likely N-dealkylation sites (tertiary alicyclic amines) is 1. The highest BCUT2D eigenvalue weighted by atomic mass is 127. The van der Waals surface area contributed by atoms with Gasteiger partial charge in [0, 0.05) is 51.9 Å². The van der Waals surface area contributed by atoms with E-state index < -0.39 is 0 Å². The number of aryl methyl sites for hydroxylation is 1. The SMILES string of the molecule is COCCCOC1CCN(C(=NCc2nnc(C)n2C)NCCc2cccs2)CC1.I. The second kappa shape index (κ2) is 14.0. The van der Waals surface area contributed by atoms with E-state index in [1.54, 1.807) is 18.4 Å². The summed E-state index contributed by atoms with van der Waals surface area (Å²) < 4.78 is 13.1. The lowest BCUT2D eigenvalue weighted by atomic mass is 10.1. The van der Waals surface area contributed by atoms with Crippen molar-refractivity contribution in [2.45, 2.75) is 45.3 Å². The van der Waals surface area contributed by atoms with Crippen LogP contribution in [0, 0.1) is 6.92 Å². The van der Waals surface area contributed by atoms with Crippen LogP contribution < -0.4 is 5.32 Å². The number of halogens is 1. The summed E-state index contributed by atoms with van der Waals surface area (Å²) in [6.45, 7) is 6.75. The molecule has 1 N–H and O–H groups in total. The lowest BCUT2D eigenvalue weighted by molar-refractivity contribution is 0.00989. The maximum Gasteiger partial charge on any atom is 0.194 e. The number of methoxy groups -OCH3 is 1. The summed E-state index contributed by atoms with van der Waals surface area (Å²) in [6, 6.07) is 4.28. The van der Waals surface area contributed by atoms with Crippen molar-refractivity contribution in [1.29, 1.82) is 0 Å². The van der Waals surface area contributed by atoms with Gasteiger partial charge in [0.05, 0.1) is 6.10 Å². The molecule has 3 heterocycles. The zero-order valence-corrected chi connectivity index (χ0v) is 21.9. The second-order valence-corrected chi connectivity index (χ2v) is 8.55. The van der Waals surface area contributed by atoms with Gasteiger partial charge in [0.1, 0.15) is 12.4 Å².